The molecule has 1 N–H and O–H groups in total. The van der Waals surface area contributed by atoms with Gasteiger partial charge in [-0.1, -0.05) is 12.1 Å². The van der Waals surface area contributed by atoms with Gasteiger partial charge in [0.25, 0.3) is 0 Å². The van der Waals surface area contributed by atoms with Crippen molar-refractivity contribution in [2.75, 3.05) is 14.2 Å². The van der Waals surface area contributed by atoms with Gasteiger partial charge in [0.15, 0.2) is 0 Å². The summed E-state index contributed by atoms with van der Waals surface area (Å²) in [5, 5.41) is 9.72. The number of aryl methyl sites for hydroxylation is 1. The Bertz CT molecular complexity index is 935. The lowest BCUT2D eigenvalue weighted by molar-refractivity contribution is 0.0695. The van der Waals surface area contributed by atoms with Crippen LogP contribution in [0.2, 0.25) is 0 Å². The fourth-order valence-electron chi connectivity index (χ4n) is 2.27. The van der Waals surface area contributed by atoms with Crippen LogP contribution in [0, 0.1) is 6.92 Å². The topological polar surface area (TPSA) is 104 Å². The van der Waals surface area contributed by atoms with Gasteiger partial charge in [0.05, 0.1) is 14.2 Å². The van der Waals surface area contributed by atoms with Gasteiger partial charge in [0.2, 0.25) is 0 Å². The molecule has 2 aromatic heterocycles. The number of thiophene rings is 1. The molecule has 0 aliphatic carbocycles. The molecule has 0 fully saturated rings. The Morgan fingerprint density at radius 3 is 2.19 bits per heavy atom. The van der Waals surface area contributed by atoms with Gasteiger partial charge in [-0.25, -0.2) is 4.79 Å². The molecule has 9 heteroatoms. The van der Waals surface area contributed by atoms with Gasteiger partial charge in [0.1, 0.15) is 11.3 Å². The zero-order chi connectivity index (χ0) is 18.7. The van der Waals surface area contributed by atoms with E-state index in [0.29, 0.717) is 5.56 Å². The van der Waals surface area contributed by atoms with Crippen LogP contribution in [0.4, 0.5) is 0 Å². The number of aromatic nitrogens is 3. The normalized spacial score (nSPS) is 10.4. The van der Waals surface area contributed by atoms with Gasteiger partial charge in [-0.05, 0) is 25.1 Å². The number of hydrogen-bond acceptors (Lipinski definition) is 8. The quantitative estimate of drug-likeness (QED) is 0.701. The number of carboxylic acid groups (broad SMARTS) is 1. The maximum Gasteiger partial charge on any atom is 0.340 e. The van der Waals surface area contributed by atoms with E-state index >= 15 is 0 Å². The molecule has 0 amide bonds. The first-order valence-corrected chi connectivity index (χ1v) is 8.28. The third kappa shape index (κ3) is 3.57. The van der Waals surface area contributed by atoms with E-state index in [2.05, 4.69) is 15.0 Å². The van der Waals surface area contributed by atoms with Gasteiger partial charge in [-0.2, -0.15) is 0 Å². The van der Waals surface area contributed by atoms with Crippen molar-refractivity contribution in [2.45, 2.75) is 6.92 Å². The van der Waals surface area contributed by atoms with E-state index in [4.69, 9.17) is 14.2 Å². The monoisotopic (exact) mass is 373 g/mol. The summed E-state index contributed by atoms with van der Waals surface area (Å²) < 4.78 is 15.6. The molecule has 0 aliphatic heterocycles. The van der Waals surface area contributed by atoms with Crippen LogP contribution in [0.3, 0.4) is 0 Å². The molecule has 0 saturated carbocycles. The fourth-order valence-corrected chi connectivity index (χ4v) is 3.17. The molecule has 8 nitrogen and oxygen atoms in total. The molecule has 3 aromatic rings. The van der Waals surface area contributed by atoms with Crippen LogP contribution in [0.5, 0.6) is 23.8 Å². The van der Waals surface area contributed by atoms with E-state index in [1.807, 2.05) is 19.1 Å². The van der Waals surface area contributed by atoms with Crippen LogP contribution >= 0.6 is 11.3 Å². The van der Waals surface area contributed by atoms with E-state index in [1.165, 1.54) is 31.6 Å². The molecule has 3 rings (SSSR count). The molecule has 0 unspecified atom stereocenters. The Labute approximate surface area is 153 Å². The van der Waals surface area contributed by atoms with Gasteiger partial charge < -0.3 is 19.3 Å². The van der Waals surface area contributed by atoms with Crippen molar-refractivity contribution in [3.63, 3.8) is 0 Å². The van der Waals surface area contributed by atoms with Crippen LogP contribution in [0.25, 0.3) is 10.4 Å². The molecule has 0 bridgehead atoms. The number of carbonyl (C=O) groups is 1. The summed E-state index contributed by atoms with van der Waals surface area (Å²) in [4.78, 5) is 25.6. The molecule has 1 aromatic carbocycles. The first kappa shape index (κ1) is 17.6. The highest BCUT2D eigenvalue weighted by atomic mass is 32.1. The highest BCUT2D eigenvalue weighted by molar-refractivity contribution is 7.15. The van der Waals surface area contributed by atoms with Crippen molar-refractivity contribution >= 4 is 17.3 Å². The number of methoxy groups -OCH3 is 2. The second-order valence-corrected chi connectivity index (χ2v) is 6.38. The van der Waals surface area contributed by atoms with Crippen molar-refractivity contribution in [1.29, 1.82) is 0 Å². The van der Waals surface area contributed by atoms with Crippen molar-refractivity contribution < 1.29 is 24.1 Å². The van der Waals surface area contributed by atoms with Crippen LogP contribution in [0.15, 0.2) is 30.3 Å². The predicted molar refractivity (Wildman–Crippen MR) is 94.5 cm³/mol. The summed E-state index contributed by atoms with van der Waals surface area (Å²) in [6.45, 7) is 1.96. The highest BCUT2D eigenvalue weighted by Gasteiger charge is 2.21. The fraction of sp³-hybridized carbons (Fsp3) is 0.176. The second-order valence-electron chi connectivity index (χ2n) is 5.09. The number of hydrogen-bond donors (Lipinski definition) is 1. The van der Waals surface area contributed by atoms with Gasteiger partial charge in [0, 0.05) is 15.3 Å². The lowest BCUT2D eigenvalue weighted by atomic mass is 10.0. The Hall–Kier alpha value is -3.20. The number of carboxylic acids is 1. The molecule has 0 spiro atoms. The lowest BCUT2D eigenvalue weighted by Gasteiger charge is -2.11. The zero-order valence-corrected chi connectivity index (χ0v) is 15.0. The van der Waals surface area contributed by atoms with E-state index in [9.17, 15) is 9.90 Å². The summed E-state index contributed by atoms with van der Waals surface area (Å²) in [5.74, 6) is -1.01. The molecule has 26 heavy (non-hydrogen) atoms. The first-order valence-electron chi connectivity index (χ1n) is 7.47. The number of benzene rings is 1. The van der Waals surface area contributed by atoms with E-state index in [-0.39, 0.29) is 29.3 Å². The molecule has 0 saturated heterocycles. The maximum absolute atomic E-state index is 11.9. The zero-order valence-electron chi connectivity index (χ0n) is 14.2. The van der Waals surface area contributed by atoms with Crippen molar-refractivity contribution in [2.24, 2.45) is 0 Å². The van der Waals surface area contributed by atoms with Crippen molar-refractivity contribution in [3.8, 4) is 34.2 Å². The molecule has 2 heterocycles. The van der Waals surface area contributed by atoms with Gasteiger partial charge >= 0.3 is 24.0 Å². The Balaban J connectivity index is 2.07. The number of ether oxygens (including phenoxy) is 3. The molecular formula is C17H15N3O5S. The summed E-state index contributed by atoms with van der Waals surface area (Å²) in [6.07, 6.45) is 0. The third-order valence-electron chi connectivity index (χ3n) is 3.39. The van der Waals surface area contributed by atoms with Crippen LogP contribution < -0.4 is 14.2 Å². The SMILES string of the molecule is COc1nc(OC)nc(Oc2cccc(-c3ccc(C)s3)c2C(=O)O)n1. The molecule has 134 valence electrons. The Morgan fingerprint density at radius 1 is 1.00 bits per heavy atom. The molecular weight excluding hydrogens is 358 g/mol. The van der Waals surface area contributed by atoms with Crippen LogP contribution in [0.1, 0.15) is 15.2 Å². The Kier molecular flexibility index (Phi) is 4.99. The molecule has 0 atom stereocenters. The largest absolute Gasteiger partial charge is 0.478 e. The minimum Gasteiger partial charge on any atom is -0.478 e. The van der Waals surface area contributed by atoms with Crippen molar-refractivity contribution in [1.82, 2.24) is 15.0 Å². The average Bonchev–Trinajstić information content (AvgIpc) is 3.07. The minimum absolute atomic E-state index is 0.00578. The number of rotatable bonds is 6. The standard InChI is InChI=1S/C17H15N3O5S/c1-9-7-8-12(26-9)10-5-4-6-11(13(10)14(21)22)25-17-19-15(23-2)18-16(20-17)24-3/h4-8H,1-3H3,(H,21,22). The molecule has 0 aliphatic rings. The molecule has 0 radical (unpaired) electrons. The smallest absolute Gasteiger partial charge is 0.340 e. The summed E-state index contributed by atoms with van der Waals surface area (Å²) >= 11 is 1.50. The predicted octanol–water partition coefficient (Wildman–Crippen LogP) is 3.42. The highest BCUT2D eigenvalue weighted by Crippen LogP contribution is 2.36. The second kappa shape index (κ2) is 7.36. The van der Waals surface area contributed by atoms with E-state index in [0.717, 1.165) is 9.75 Å². The Morgan fingerprint density at radius 2 is 1.65 bits per heavy atom. The summed E-state index contributed by atoms with van der Waals surface area (Å²) in [6, 6.07) is 8.65. The van der Waals surface area contributed by atoms with Crippen LogP contribution in [-0.4, -0.2) is 40.2 Å². The van der Waals surface area contributed by atoms with Crippen LogP contribution in [-0.2, 0) is 0 Å². The summed E-state index contributed by atoms with van der Waals surface area (Å²) in [7, 11) is 2.78. The van der Waals surface area contributed by atoms with E-state index < -0.39 is 5.97 Å². The number of aromatic carboxylic acids is 1. The van der Waals surface area contributed by atoms with Crippen molar-refractivity contribution in [3.05, 3.63) is 40.8 Å². The van der Waals surface area contributed by atoms with Gasteiger partial charge in [-0.15, -0.1) is 26.3 Å². The number of nitrogens with zero attached hydrogens (tertiary/aromatic N) is 3. The third-order valence-corrected chi connectivity index (χ3v) is 4.42. The van der Waals surface area contributed by atoms with Gasteiger partial charge in [-0.3, -0.25) is 0 Å². The first-order chi connectivity index (χ1) is 12.5. The maximum atomic E-state index is 11.9. The van der Waals surface area contributed by atoms with E-state index in [1.54, 1.807) is 12.1 Å². The minimum atomic E-state index is -1.12. The summed E-state index contributed by atoms with van der Waals surface area (Å²) in [5.41, 5.74) is 0.578. The average molecular weight is 373 g/mol. The lowest BCUT2D eigenvalue weighted by Crippen LogP contribution is -2.05.